The van der Waals surface area contributed by atoms with E-state index in [0.29, 0.717) is 0 Å². The minimum absolute atomic E-state index is 0.884. The molecule has 0 atom stereocenters. The number of hydrogen-bond donors (Lipinski definition) is 1. The van der Waals surface area contributed by atoms with Crippen LogP contribution in [0.4, 0.5) is 0 Å². The summed E-state index contributed by atoms with van der Waals surface area (Å²) in [6, 6.07) is 0. The summed E-state index contributed by atoms with van der Waals surface area (Å²) >= 11 is 0. The van der Waals surface area contributed by atoms with Gasteiger partial charge in [0.2, 0.25) is 0 Å². The summed E-state index contributed by atoms with van der Waals surface area (Å²) in [5.41, 5.74) is 3.68. The number of aryl methyl sites for hydroxylation is 2. The van der Waals surface area contributed by atoms with Crippen LogP contribution in [0.1, 0.15) is 50.5 Å². The van der Waals surface area contributed by atoms with Crippen LogP contribution >= 0.6 is 0 Å². The Morgan fingerprint density at radius 2 is 1.62 bits per heavy atom. The maximum atomic E-state index is 4.40. The third-order valence-electron chi connectivity index (χ3n) is 2.26. The lowest BCUT2D eigenvalue weighted by Gasteiger charge is -2.17. The number of aromatic nitrogens is 2. The van der Waals surface area contributed by atoms with E-state index in [-0.39, 0.29) is 0 Å². The van der Waals surface area contributed by atoms with Crippen molar-refractivity contribution in [2.75, 3.05) is 6.54 Å². The second-order valence-corrected chi connectivity index (χ2v) is 3.21. The van der Waals surface area contributed by atoms with Crippen LogP contribution in [0, 0.1) is 13.8 Å². The molecule has 3 nitrogen and oxygen atoms in total. The first kappa shape index (κ1) is 15.0. The Balaban J connectivity index is 0.000000509. The molecule has 16 heavy (non-hydrogen) atoms. The highest BCUT2D eigenvalue weighted by molar-refractivity contribution is 5.27. The standard InChI is InChI=1S/C9H13N3.2C2H6/c1-6-8-3-4-10-5-9(8)12-7(2)11-6;2*1-2/h10H,3-5H2,1-2H3;2*1-2H3. The van der Waals surface area contributed by atoms with Gasteiger partial charge >= 0.3 is 0 Å². The SMILES string of the molecule is CC.CC.Cc1nc(C)c2c(n1)CNCC2. The highest BCUT2D eigenvalue weighted by atomic mass is 15.0. The third-order valence-corrected chi connectivity index (χ3v) is 2.26. The van der Waals surface area contributed by atoms with Crippen molar-refractivity contribution in [1.29, 1.82) is 0 Å². The average Bonchev–Trinajstić information content (AvgIpc) is 2.34. The van der Waals surface area contributed by atoms with Gasteiger partial charge in [0.1, 0.15) is 5.82 Å². The van der Waals surface area contributed by atoms with Crippen LogP contribution in [-0.2, 0) is 13.0 Å². The molecule has 0 bridgehead atoms. The Morgan fingerprint density at radius 3 is 2.25 bits per heavy atom. The van der Waals surface area contributed by atoms with Gasteiger partial charge in [-0.1, -0.05) is 27.7 Å². The smallest absolute Gasteiger partial charge is 0.125 e. The molecule has 0 fully saturated rings. The van der Waals surface area contributed by atoms with Crippen LogP contribution < -0.4 is 5.32 Å². The molecule has 0 aliphatic carbocycles. The number of hydrogen-bond acceptors (Lipinski definition) is 3. The second-order valence-electron chi connectivity index (χ2n) is 3.21. The van der Waals surface area contributed by atoms with Gasteiger partial charge in [-0.3, -0.25) is 0 Å². The van der Waals surface area contributed by atoms with Crippen molar-refractivity contribution >= 4 is 0 Å². The third kappa shape index (κ3) is 3.89. The van der Waals surface area contributed by atoms with E-state index in [1.807, 2.05) is 34.6 Å². The van der Waals surface area contributed by atoms with Gasteiger partial charge in [0.25, 0.3) is 0 Å². The molecule has 92 valence electrons. The van der Waals surface area contributed by atoms with Gasteiger partial charge in [0.15, 0.2) is 0 Å². The number of fused-ring (bicyclic) bond motifs is 1. The zero-order valence-electron chi connectivity index (χ0n) is 11.5. The molecule has 0 saturated heterocycles. The lowest BCUT2D eigenvalue weighted by atomic mass is 10.1. The zero-order valence-corrected chi connectivity index (χ0v) is 11.5. The van der Waals surface area contributed by atoms with Crippen molar-refractivity contribution in [2.24, 2.45) is 0 Å². The molecule has 0 saturated carbocycles. The molecule has 1 aliphatic heterocycles. The summed E-state index contributed by atoms with van der Waals surface area (Å²) in [7, 11) is 0. The molecule has 0 spiro atoms. The maximum absolute atomic E-state index is 4.40. The molecule has 1 aromatic rings. The highest BCUT2D eigenvalue weighted by Gasteiger charge is 2.13. The number of nitrogens with one attached hydrogen (secondary N) is 1. The monoisotopic (exact) mass is 223 g/mol. The van der Waals surface area contributed by atoms with E-state index < -0.39 is 0 Å². The Kier molecular flexibility index (Phi) is 7.73. The lowest BCUT2D eigenvalue weighted by Crippen LogP contribution is -2.26. The molecule has 1 N–H and O–H groups in total. The molecule has 0 amide bonds. The van der Waals surface area contributed by atoms with Crippen LogP contribution in [-0.4, -0.2) is 16.5 Å². The second kappa shape index (κ2) is 8.22. The molecular formula is C13H25N3. The van der Waals surface area contributed by atoms with Crippen molar-refractivity contribution in [3.63, 3.8) is 0 Å². The molecule has 3 heteroatoms. The van der Waals surface area contributed by atoms with Gasteiger partial charge in [0, 0.05) is 12.2 Å². The van der Waals surface area contributed by atoms with Crippen LogP contribution in [0.15, 0.2) is 0 Å². The van der Waals surface area contributed by atoms with Crippen LogP contribution in [0.2, 0.25) is 0 Å². The van der Waals surface area contributed by atoms with Crippen molar-refractivity contribution in [1.82, 2.24) is 15.3 Å². The normalized spacial score (nSPS) is 12.6. The van der Waals surface area contributed by atoms with Gasteiger partial charge < -0.3 is 5.32 Å². The highest BCUT2D eigenvalue weighted by Crippen LogP contribution is 2.14. The van der Waals surface area contributed by atoms with Gasteiger partial charge in [0.05, 0.1) is 5.69 Å². The fourth-order valence-corrected chi connectivity index (χ4v) is 1.70. The lowest BCUT2D eigenvalue weighted by molar-refractivity contribution is 0.615. The molecule has 2 heterocycles. The van der Waals surface area contributed by atoms with Crippen LogP contribution in [0.5, 0.6) is 0 Å². The topological polar surface area (TPSA) is 37.8 Å². The van der Waals surface area contributed by atoms with Crippen LogP contribution in [0.25, 0.3) is 0 Å². The van der Waals surface area contributed by atoms with Crippen molar-refractivity contribution in [2.45, 2.75) is 54.5 Å². The Morgan fingerprint density at radius 1 is 1.00 bits per heavy atom. The fourth-order valence-electron chi connectivity index (χ4n) is 1.70. The van der Waals surface area contributed by atoms with E-state index in [2.05, 4.69) is 22.2 Å². The van der Waals surface area contributed by atoms with Gasteiger partial charge in [-0.05, 0) is 32.4 Å². The van der Waals surface area contributed by atoms with Crippen molar-refractivity contribution in [3.05, 3.63) is 22.8 Å². The molecule has 0 unspecified atom stereocenters. The van der Waals surface area contributed by atoms with E-state index in [4.69, 9.17) is 0 Å². The molecule has 0 aromatic carbocycles. The quantitative estimate of drug-likeness (QED) is 0.735. The van der Waals surface area contributed by atoms with E-state index in [1.165, 1.54) is 11.3 Å². The van der Waals surface area contributed by atoms with E-state index >= 15 is 0 Å². The average molecular weight is 223 g/mol. The first-order valence-electron chi connectivity index (χ1n) is 6.31. The first-order valence-corrected chi connectivity index (χ1v) is 6.31. The minimum atomic E-state index is 0.884. The number of rotatable bonds is 0. The molecular weight excluding hydrogens is 198 g/mol. The van der Waals surface area contributed by atoms with E-state index in [0.717, 1.165) is 31.0 Å². The van der Waals surface area contributed by atoms with Gasteiger partial charge in [-0.25, -0.2) is 9.97 Å². The fraction of sp³-hybridized carbons (Fsp3) is 0.692. The largest absolute Gasteiger partial charge is 0.311 e. The summed E-state index contributed by atoms with van der Waals surface area (Å²) in [5, 5.41) is 3.31. The first-order chi connectivity index (χ1) is 7.77. The Labute approximate surface area is 99.7 Å². The van der Waals surface area contributed by atoms with Crippen molar-refractivity contribution in [3.8, 4) is 0 Å². The summed E-state index contributed by atoms with van der Waals surface area (Å²) in [6.07, 6.45) is 1.07. The maximum Gasteiger partial charge on any atom is 0.125 e. The molecule has 0 radical (unpaired) electrons. The zero-order chi connectivity index (χ0) is 12.6. The Bertz CT molecular complexity index is 308. The summed E-state index contributed by atoms with van der Waals surface area (Å²) < 4.78 is 0. The van der Waals surface area contributed by atoms with Gasteiger partial charge in [-0.2, -0.15) is 0 Å². The predicted octanol–water partition coefficient (Wildman–Crippen LogP) is 2.79. The Hall–Kier alpha value is -0.960. The van der Waals surface area contributed by atoms with Crippen LogP contribution in [0.3, 0.4) is 0 Å². The number of nitrogens with zero attached hydrogens (tertiary/aromatic N) is 2. The summed E-state index contributed by atoms with van der Waals surface area (Å²) in [6.45, 7) is 14.0. The van der Waals surface area contributed by atoms with E-state index in [1.54, 1.807) is 0 Å². The van der Waals surface area contributed by atoms with Crippen molar-refractivity contribution < 1.29 is 0 Å². The van der Waals surface area contributed by atoms with E-state index in [9.17, 15) is 0 Å². The summed E-state index contributed by atoms with van der Waals surface area (Å²) in [4.78, 5) is 8.75. The predicted molar refractivity (Wildman–Crippen MR) is 69.6 cm³/mol. The molecule has 1 aliphatic rings. The van der Waals surface area contributed by atoms with Gasteiger partial charge in [-0.15, -0.1) is 0 Å². The minimum Gasteiger partial charge on any atom is -0.311 e. The summed E-state index contributed by atoms with van der Waals surface area (Å²) in [5.74, 6) is 0.884. The molecule has 2 rings (SSSR count). The molecule has 1 aromatic heterocycles.